The summed E-state index contributed by atoms with van der Waals surface area (Å²) in [4.78, 5) is 12.7. The van der Waals surface area contributed by atoms with E-state index in [0.717, 1.165) is 22.4 Å². The molecule has 0 bridgehead atoms. The van der Waals surface area contributed by atoms with E-state index in [4.69, 9.17) is 4.74 Å². The van der Waals surface area contributed by atoms with Crippen LogP contribution in [0.3, 0.4) is 0 Å². The molecule has 0 heterocycles. The Morgan fingerprint density at radius 2 is 1.65 bits per heavy atom. The minimum absolute atomic E-state index is 0.199. The quantitative estimate of drug-likeness (QED) is 0.581. The highest BCUT2D eigenvalue weighted by molar-refractivity contribution is 7.89. The second kappa shape index (κ2) is 9.76. The van der Waals surface area contributed by atoms with E-state index in [1.165, 1.54) is 4.31 Å². The van der Waals surface area contributed by atoms with Crippen LogP contribution in [0.1, 0.15) is 27.0 Å². The van der Waals surface area contributed by atoms with Gasteiger partial charge in [0.2, 0.25) is 10.0 Å². The lowest BCUT2D eigenvalue weighted by Gasteiger charge is -2.17. The average Bonchev–Trinajstić information content (AvgIpc) is 2.78. The average molecular weight is 439 g/mol. The number of aryl methyl sites for hydroxylation is 1. The van der Waals surface area contributed by atoms with Gasteiger partial charge >= 0.3 is 0 Å². The number of ether oxygens (including phenoxy) is 1. The zero-order chi connectivity index (χ0) is 22.4. The number of carbonyl (C=O) groups is 1. The zero-order valence-electron chi connectivity index (χ0n) is 17.8. The number of carbonyl (C=O) groups excluding carboxylic acids is 1. The normalized spacial score (nSPS) is 11.4. The number of amides is 1. The third-order valence-corrected chi connectivity index (χ3v) is 6.76. The summed E-state index contributed by atoms with van der Waals surface area (Å²) in [5, 5.41) is 2.88. The lowest BCUT2D eigenvalue weighted by Crippen LogP contribution is -2.26. The Morgan fingerprint density at radius 1 is 0.968 bits per heavy atom. The molecule has 6 nitrogen and oxygen atoms in total. The molecule has 3 aromatic rings. The molecule has 3 aromatic carbocycles. The Labute approximate surface area is 183 Å². The molecule has 0 aromatic heterocycles. The topological polar surface area (TPSA) is 75.7 Å². The first kappa shape index (κ1) is 22.5. The summed E-state index contributed by atoms with van der Waals surface area (Å²) in [5.41, 5.74) is 3.24. The highest BCUT2D eigenvalue weighted by atomic mass is 32.2. The summed E-state index contributed by atoms with van der Waals surface area (Å²) in [7, 11) is -0.436. The number of hydrogen-bond donors (Lipinski definition) is 1. The van der Waals surface area contributed by atoms with Gasteiger partial charge in [-0.05, 0) is 54.4 Å². The van der Waals surface area contributed by atoms with Gasteiger partial charge in [0.1, 0.15) is 5.75 Å². The fourth-order valence-corrected chi connectivity index (χ4v) is 4.22. The number of benzene rings is 3. The SMILES string of the molecule is COc1cccc(CNC(=O)c2ccc(CN(C)S(=O)(=O)c3ccc(C)cc3)cc2)c1. The van der Waals surface area contributed by atoms with Crippen molar-refractivity contribution in [3.05, 3.63) is 95.1 Å². The molecule has 31 heavy (non-hydrogen) atoms. The molecule has 0 aliphatic carbocycles. The van der Waals surface area contributed by atoms with Crippen LogP contribution in [0.15, 0.2) is 77.7 Å². The molecule has 162 valence electrons. The maximum Gasteiger partial charge on any atom is 0.251 e. The fourth-order valence-electron chi connectivity index (χ4n) is 3.06. The van der Waals surface area contributed by atoms with E-state index in [-0.39, 0.29) is 17.3 Å². The lowest BCUT2D eigenvalue weighted by atomic mass is 10.1. The summed E-state index contributed by atoms with van der Waals surface area (Å²) >= 11 is 0. The van der Waals surface area contributed by atoms with Gasteiger partial charge in [0.05, 0.1) is 12.0 Å². The van der Waals surface area contributed by atoms with Gasteiger partial charge in [0, 0.05) is 25.7 Å². The van der Waals surface area contributed by atoms with Crippen LogP contribution in [0.5, 0.6) is 5.75 Å². The standard InChI is InChI=1S/C24H26N2O4S/c1-18-7-13-23(14-8-18)31(28,29)26(2)17-19-9-11-21(12-10-19)24(27)25-16-20-5-4-6-22(15-20)30-3/h4-15H,16-17H2,1-3H3,(H,25,27). The molecular weight excluding hydrogens is 412 g/mol. The van der Waals surface area contributed by atoms with Gasteiger partial charge < -0.3 is 10.1 Å². The van der Waals surface area contributed by atoms with Crippen LogP contribution in [-0.4, -0.2) is 32.8 Å². The van der Waals surface area contributed by atoms with Crippen molar-refractivity contribution >= 4 is 15.9 Å². The maximum atomic E-state index is 12.7. The minimum atomic E-state index is -3.58. The number of methoxy groups -OCH3 is 1. The Bertz CT molecular complexity index is 1140. The van der Waals surface area contributed by atoms with E-state index in [0.29, 0.717) is 12.1 Å². The molecule has 0 radical (unpaired) electrons. The van der Waals surface area contributed by atoms with Crippen molar-refractivity contribution in [1.82, 2.24) is 9.62 Å². The number of rotatable bonds is 8. The molecule has 0 spiro atoms. The summed E-state index contributed by atoms with van der Waals surface area (Å²) in [5.74, 6) is 0.538. The number of hydrogen-bond acceptors (Lipinski definition) is 4. The maximum absolute atomic E-state index is 12.7. The van der Waals surface area contributed by atoms with Crippen LogP contribution < -0.4 is 10.1 Å². The molecule has 7 heteroatoms. The Hall–Kier alpha value is -3.16. The van der Waals surface area contributed by atoms with Gasteiger partial charge in [-0.25, -0.2) is 8.42 Å². The van der Waals surface area contributed by atoms with E-state index in [9.17, 15) is 13.2 Å². The Kier molecular flexibility index (Phi) is 7.09. The second-order valence-electron chi connectivity index (χ2n) is 7.31. The van der Waals surface area contributed by atoms with Gasteiger partial charge in [-0.3, -0.25) is 4.79 Å². The molecule has 1 N–H and O–H groups in total. The first-order valence-electron chi connectivity index (χ1n) is 9.82. The molecular formula is C24H26N2O4S. The first-order chi connectivity index (χ1) is 14.8. The molecule has 0 unspecified atom stereocenters. The van der Waals surface area contributed by atoms with Crippen molar-refractivity contribution in [2.75, 3.05) is 14.2 Å². The van der Waals surface area contributed by atoms with Crippen molar-refractivity contribution in [3.8, 4) is 5.75 Å². The molecule has 0 aliphatic rings. The molecule has 0 fully saturated rings. The van der Waals surface area contributed by atoms with Crippen LogP contribution in [0.25, 0.3) is 0 Å². The summed E-state index contributed by atoms with van der Waals surface area (Å²) < 4.78 is 32.0. The molecule has 3 rings (SSSR count). The van der Waals surface area contributed by atoms with Crippen molar-refractivity contribution in [1.29, 1.82) is 0 Å². The number of nitrogens with zero attached hydrogens (tertiary/aromatic N) is 1. The highest BCUT2D eigenvalue weighted by Crippen LogP contribution is 2.18. The van der Waals surface area contributed by atoms with Crippen molar-refractivity contribution in [3.63, 3.8) is 0 Å². The number of sulfonamides is 1. The number of nitrogens with one attached hydrogen (secondary N) is 1. The predicted octanol–water partition coefficient (Wildman–Crippen LogP) is 3.75. The molecule has 0 aliphatic heterocycles. The van der Waals surface area contributed by atoms with E-state index in [1.807, 2.05) is 31.2 Å². The van der Waals surface area contributed by atoms with Gasteiger partial charge in [-0.1, -0.05) is 42.0 Å². The van der Waals surface area contributed by atoms with E-state index < -0.39 is 10.0 Å². The van der Waals surface area contributed by atoms with Gasteiger partial charge in [0.15, 0.2) is 0 Å². The third kappa shape index (κ3) is 5.71. The van der Waals surface area contributed by atoms with Crippen LogP contribution in [0, 0.1) is 6.92 Å². The monoisotopic (exact) mass is 438 g/mol. The summed E-state index contributed by atoms with van der Waals surface area (Å²) in [6, 6.07) is 21.2. The Morgan fingerprint density at radius 3 is 2.29 bits per heavy atom. The van der Waals surface area contributed by atoms with Crippen molar-refractivity contribution in [2.45, 2.75) is 24.9 Å². The van der Waals surface area contributed by atoms with Gasteiger partial charge in [-0.2, -0.15) is 4.31 Å². The molecule has 0 saturated carbocycles. The van der Waals surface area contributed by atoms with Gasteiger partial charge in [-0.15, -0.1) is 0 Å². The fraction of sp³-hybridized carbons (Fsp3) is 0.208. The van der Waals surface area contributed by atoms with Crippen molar-refractivity contribution in [2.24, 2.45) is 0 Å². The molecule has 1 amide bonds. The first-order valence-corrected chi connectivity index (χ1v) is 11.3. The summed E-state index contributed by atoms with van der Waals surface area (Å²) in [6.07, 6.45) is 0. The Balaban J connectivity index is 1.61. The van der Waals surface area contributed by atoms with Crippen LogP contribution >= 0.6 is 0 Å². The lowest BCUT2D eigenvalue weighted by molar-refractivity contribution is 0.0951. The van der Waals surface area contributed by atoms with Crippen LogP contribution in [0.2, 0.25) is 0 Å². The zero-order valence-corrected chi connectivity index (χ0v) is 18.6. The van der Waals surface area contributed by atoms with Gasteiger partial charge in [0.25, 0.3) is 5.91 Å². The second-order valence-corrected chi connectivity index (χ2v) is 9.35. The largest absolute Gasteiger partial charge is 0.497 e. The minimum Gasteiger partial charge on any atom is -0.497 e. The molecule has 0 atom stereocenters. The van der Waals surface area contributed by atoms with E-state index in [1.54, 1.807) is 62.7 Å². The molecule has 0 saturated heterocycles. The van der Waals surface area contributed by atoms with E-state index in [2.05, 4.69) is 5.32 Å². The van der Waals surface area contributed by atoms with Crippen LogP contribution in [-0.2, 0) is 23.1 Å². The third-order valence-electron chi connectivity index (χ3n) is 4.94. The van der Waals surface area contributed by atoms with Crippen LogP contribution in [0.4, 0.5) is 0 Å². The highest BCUT2D eigenvalue weighted by Gasteiger charge is 2.20. The smallest absolute Gasteiger partial charge is 0.251 e. The summed E-state index contributed by atoms with van der Waals surface area (Å²) in [6.45, 7) is 2.51. The predicted molar refractivity (Wildman–Crippen MR) is 120 cm³/mol. The van der Waals surface area contributed by atoms with Crippen molar-refractivity contribution < 1.29 is 17.9 Å². The van der Waals surface area contributed by atoms with E-state index >= 15 is 0 Å².